The number of hydrazone groups is 1. The third kappa shape index (κ3) is 3.98. The number of hydrogen-bond acceptors (Lipinski definition) is 6. The Hall–Kier alpha value is -4.00. The van der Waals surface area contributed by atoms with E-state index in [0.717, 1.165) is 22.4 Å². The Balaban J connectivity index is 1.65. The summed E-state index contributed by atoms with van der Waals surface area (Å²) in [6.45, 7) is 2.02. The molecule has 0 atom stereocenters. The number of benzene rings is 2. The van der Waals surface area contributed by atoms with Gasteiger partial charge in [-0.2, -0.15) is 10.1 Å². The molecular formula is C22H19N5O2. The molecule has 4 rings (SSSR count). The third-order valence-electron chi connectivity index (χ3n) is 4.47. The Morgan fingerprint density at radius 1 is 1.07 bits per heavy atom. The van der Waals surface area contributed by atoms with Crippen LogP contribution in [-0.2, 0) is 0 Å². The van der Waals surface area contributed by atoms with Gasteiger partial charge in [0.05, 0.1) is 18.7 Å². The van der Waals surface area contributed by atoms with Crippen molar-refractivity contribution in [2.24, 2.45) is 5.10 Å². The molecule has 4 aromatic rings. The van der Waals surface area contributed by atoms with Crippen LogP contribution < -0.4 is 15.7 Å². The monoisotopic (exact) mass is 385 g/mol. The van der Waals surface area contributed by atoms with Crippen LogP contribution in [0.2, 0.25) is 0 Å². The van der Waals surface area contributed by atoms with Gasteiger partial charge >= 0.3 is 0 Å². The molecular weight excluding hydrogens is 366 g/mol. The number of fused-ring (bicyclic) bond motifs is 1. The minimum Gasteiger partial charge on any atom is -0.497 e. The summed E-state index contributed by atoms with van der Waals surface area (Å²) < 4.78 is 5.19. The summed E-state index contributed by atoms with van der Waals surface area (Å²) in [5, 5.41) is 4.56. The number of ether oxygens (including phenoxy) is 1. The summed E-state index contributed by atoms with van der Waals surface area (Å²) in [5.41, 5.74) is 6.56. The molecule has 0 fully saturated rings. The highest BCUT2D eigenvalue weighted by atomic mass is 16.5. The highest BCUT2D eigenvalue weighted by molar-refractivity contribution is 5.92. The topological polar surface area (TPSA) is 92.3 Å². The van der Waals surface area contributed by atoms with Crippen molar-refractivity contribution in [3.8, 4) is 16.9 Å². The number of nitrogens with one attached hydrogen (secondary N) is 2. The normalized spacial score (nSPS) is 11.1. The average molecular weight is 385 g/mol. The van der Waals surface area contributed by atoms with Crippen molar-refractivity contribution in [2.75, 3.05) is 12.5 Å². The molecule has 0 aliphatic carbocycles. The number of aryl methyl sites for hydroxylation is 1. The Morgan fingerprint density at radius 2 is 1.83 bits per heavy atom. The van der Waals surface area contributed by atoms with Crippen molar-refractivity contribution in [1.82, 2.24) is 15.0 Å². The molecule has 7 heteroatoms. The summed E-state index contributed by atoms with van der Waals surface area (Å²) in [7, 11) is 1.61. The zero-order valence-corrected chi connectivity index (χ0v) is 16.0. The van der Waals surface area contributed by atoms with E-state index in [0.29, 0.717) is 11.0 Å². The summed E-state index contributed by atoms with van der Waals surface area (Å²) in [4.78, 5) is 24.1. The van der Waals surface area contributed by atoms with Gasteiger partial charge in [-0.1, -0.05) is 42.0 Å². The molecule has 0 saturated heterocycles. The minimum absolute atomic E-state index is 0.227. The van der Waals surface area contributed by atoms with E-state index >= 15 is 0 Å². The Labute approximate surface area is 167 Å². The summed E-state index contributed by atoms with van der Waals surface area (Å²) in [5.74, 6) is 0.974. The molecule has 0 bridgehead atoms. The van der Waals surface area contributed by atoms with Gasteiger partial charge < -0.3 is 4.74 Å². The number of rotatable bonds is 5. The number of pyridine rings is 1. The van der Waals surface area contributed by atoms with Crippen LogP contribution in [0.15, 0.2) is 70.7 Å². The smallest absolute Gasteiger partial charge is 0.262 e. The average Bonchev–Trinajstić information content (AvgIpc) is 2.75. The third-order valence-corrected chi connectivity index (χ3v) is 4.47. The van der Waals surface area contributed by atoms with Crippen LogP contribution in [0.1, 0.15) is 11.1 Å². The van der Waals surface area contributed by atoms with Crippen LogP contribution in [0.5, 0.6) is 5.75 Å². The van der Waals surface area contributed by atoms with E-state index in [2.05, 4.69) is 25.5 Å². The number of hydrogen-bond donors (Lipinski definition) is 2. The molecule has 0 unspecified atom stereocenters. The second-order valence-electron chi connectivity index (χ2n) is 6.48. The molecule has 0 amide bonds. The minimum atomic E-state index is -0.290. The van der Waals surface area contributed by atoms with E-state index in [9.17, 15) is 4.79 Å². The van der Waals surface area contributed by atoms with Gasteiger partial charge in [0.2, 0.25) is 5.95 Å². The number of aromatic amines is 1. The fraction of sp³-hybridized carbons (Fsp3) is 0.0909. The first-order valence-electron chi connectivity index (χ1n) is 9.03. The molecule has 29 heavy (non-hydrogen) atoms. The lowest BCUT2D eigenvalue weighted by Crippen LogP contribution is -2.13. The lowest BCUT2D eigenvalue weighted by molar-refractivity contribution is 0.415. The van der Waals surface area contributed by atoms with Crippen LogP contribution in [0.4, 0.5) is 5.95 Å². The lowest BCUT2D eigenvalue weighted by Gasteiger charge is -2.07. The van der Waals surface area contributed by atoms with Gasteiger partial charge in [-0.15, -0.1) is 0 Å². The van der Waals surface area contributed by atoms with Crippen LogP contribution in [0.3, 0.4) is 0 Å². The van der Waals surface area contributed by atoms with Crippen molar-refractivity contribution >= 4 is 23.2 Å². The molecule has 2 aromatic heterocycles. The Kier molecular flexibility index (Phi) is 5.03. The number of nitrogens with zero attached hydrogens (tertiary/aromatic N) is 3. The van der Waals surface area contributed by atoms with E-state index in [1.807, 2.05) is 55.5 Å². The molecule has 0 saturated carbocycles. The van der Waals surface area contributed by atoms with Gasteiger partial charge in [0.15, 0.2) is 5.65 Å². The van der Waals surface area contributed by atoms with Crippen LogP contribution >= 0.6 is 0 Å². The zero-order valence-electron chi connectivity index (χ0n) is 16.0. The molecule has 7 nitrogen and oxygen atoms in total. The van der Waals surface area contributed by atoms with Crippen LogP contribution in [-0.4, -0.2) is 28.3 Å². The molecule has 0 radical (unpaired) electrons. The van der Waals surface area contributed by atoms with Crippen molar-refractivity contribution < 1.29 is 4.74 Å². The second kappa shape index (κ2) is 7.93. The Morgan fingerprint density at radius 3 is 2.55 bits per heavy atom. The fourth-order valence-corrected chi connectivity index (χ4v) is 2.95. The molecule has 2 heterocycles. The zero-order chi connectivity index (χ0) is 20.2. The molecule has 144 valence electrons. The maximum absolute atomic E-state index is 12.7. The fourth-order valence-electron chi connectivity index (χ4n) is 2.95. The first-order valence-corrected chi connectivity index (χ1v) is 9.03. The molecule has 2 aromatic carbocycles. The highest BCUT2D eigenvalue weighted by Crippen LogP contribution is 2.26. The number of H-pyrrole nitrogens is 1. The summed E-state index contributed by atoms with van der Waals surface area (Å²) in [6.07, 6.45) is 3.29. The van der Waals surface area contributed by atoms with Crippen molar-refractivity contribution in [3.05, 3.63) is 82.3 Å². The van der Waals surface area contributed by atoms with E-state index in [-0.39, 0.29) is 11.5 Å². The van der Waals surface area contributed by atoms with Crippen LogP contribution in [0, 0.1) is 6.92 Å². The van der Waals surface area contributed by atoms with Gasteiger partial charge in [0.1, 0.15) is 5.75 Å². The van der Waals surface area contributed by atoms with Crippen molar-refractivity contribution in [3.63, 3.8) is 0 Å². The lowest BCUT2D eigenvalue weighted by atomic mass is 10.0. The largest absolute Gasteiger partial charge is 0.497 e. The molecule has 0 aliphatic heterocycles. The van der Waals surface area contributed by atoms with Gasteiger partial charge in [0.25, 0.3) is 5.56 Å². The first-order chi connectivity index (χ1) is 14.1. The van der Waals surface area contributed by atoms with E-state index in [1.54, 1.807) is 25.6 Å². The standard InChI is InChI=1S/C22H19N5O2/c1-14-3-5-15(6-4-14)13-24-27-22-25-20-19(21(28)26-22)18(11-12-23-20)16-7-9-17(29-2)10-8-16/h3-13H,1-2H3,(H2,23,25,26,27,28)/b24-13+. The van der Waals surface area contributed by atoms with E-state index in [4.69, 9.17) is 4.74 Å². The van der Waals surface area contributed by atoms with Crippen molar-refractivity contribution in [2.45, 2.75) is 6.92 Å². The van der Waals surface area contributed by atoms with E-state index < -0.39 is 0 Å². The van der Waals surface area contributed by atoms with Gasteiger partial charge in [-0.3, -0.25) is 9.78 Å². The maximum Gasteiger partial charge on any atom is 0.262 e. The van der Waals surface area contributed by atoms with Gasteiger partial charge in [-0.05, 0) is 41.8 Å². The first kappa shape index (κ1) is 18.4. The SMILES string of the molecule is COc1ccc(-c2ccnc3nc(N/N=C/c4ccc(C)cc4)[nH]c(=O)c23)cc1. The predicted octanol–water partition coefficient (Wildman–Crippen LogP) is 3.75. The molecule has 0 aliphatic rings. The summed E-state index contributed by atoms with van der Waals surface area (Å²) >= 11 is 0. The van der Waals surface area contributed by atoms with Gasteiger partial charge in [-0.25, -0.2) is 10.4 Å². The Bertz CT molecular complexity index is 1230. The number of aromatic nitrogens is 3. The van der Waals surface area contributed by atoms with E-state index in [1.165, 1.54) is 5.56 Å². The molecule has 0 spiro atoms. The maximum atomic E-state index is 12.7. The number of anilines is 1. The van der Waals surface area contributed by atoms with Crippen LogP contribution in [0.25, 0.3) is 22.2 Å². The number of methoxy groups -OCH3 is 1. The predicted molar refractivity (Wildman–Crippen MR) is 115 cm³/mol. The second-order valence-corrected chi connectivity index (χ2v) is 6.48. The highest BCUT2D eigenvalue weighted by Gasteiger charge is 2.11. The van der Waals surface area contributed by atoms with Crippen molar-refractivity contribution in [1.29, 1.82) is 0 Å². The quantitative estimate of drug-likeness (QED) is 0.403. The van der Waals surface area contributed by atoms with Gasteiger partial charge in [0, 0.05) is 6.20 Å². The molecule has 2 N–H and O–H groups in total. The summed E-state index contributed by atoms with van der Waals surface area (Å²) in [6, 6.07) is 17.2.